The molecule has 3 heteroatoms. The zero-order chi connectivity index (χ0) is 10.4. The van der Waals surface area contributed by atoms with E-state index in [2.05, 4.69) is 23.2 Å². The van der Waals surface area contributed by atoms with Crippen molar-refractivity contribution in [1.82, 2.24) is 9.80 Å². The van der Waals surface area contributed by atoms with Crippen molar-refractivity contribution in [3.8, 4) is 0 Å². The van der Waals surface area contributed by atoms with Gasteiger partial charge in [-0.1, -0.05) is 20.4 Å². The molecule has 0 spiro atoms. The van der Waals surface area contributed by atoms with E-state index in [1.165, 1.54) is 0 Å². The van der Waals surface area contributed by atoms with Crippen LogP contribution in [0.2, 0.25) is 0 Å². The topological polar surface area (TPSA) is 18.8 Å². The van der Waals surface area contributed by atoms with Gasteiger partial charge < -0.3 is 9.80 Å². The maximum Gasteiger partial charge on any atom is 0.152 e. The van der Waals surface area contributed by atoms with Crippen LogP contribution in [0.1, 0.15) is 13.8 Å². The van der Waals surface area contributed by atoms with Crippen molar-refractivity contribution >= 4 is 6.72 Å². The van der Waals surface area contributed by atoms with E-state index >= 15 is 0 Å². The van der Waals surface area contributed by atoms with Gasteiger partial charge in [-0.25, -0.2) is 4.99 Å². The van der Waals surface area contributed by atoms with Gasteiger partial charge in [-0.2, -0.15) is 0 Å². The van der Waals surface area contributed by atoms with Gasteiger partial charge in [0.2, 0.25) is 0 Å². The van der Waals surface area contributed by atoms with Gasteiger partial charge in [-0.05, 0) is 12.8 Å². The van der Waals surface area contributed by atoms with Gasteiger partial charge in [0, 0.05) is 14.1 Å². The summed E-state index contributed by atoms with van der Waals surface area (Å²) in [5, 5.41) is 0. The lowest BCUT2D eigenvalue weighted by atomic mass is 10.4. The molecule has 3 nitrogen and oxygen atoms in total. The Morgan fingerprint density at radius 1 is 1.31 bits per heavy atom. The summed E-state index contributed by atoms with van der Waals surface area (Å²) in [4.78, 5) is 8.03. The van der Waals surface area contributed by atoms with Crippen LogP contribution >= 0.6 is 0 Å². The molecule has 0 aromatic heterocycles. The minimum Gasteiger partial charge on any atom is -0.354 e. The Balaban J connectivity index is 0.000000671. The molecule has 0 amide bonds. The summed E-state index contributed by atoms with van der Waals surface area (Å²) in [6, 6.07) is 0. The molecule has 74 valence electrons. The van der Waals surface area contributed by atoms with E-state index in [-0.39, 0.29) is 0 Å². The number of hydrogen-bond donors (Lipinski definition) is 0. The van der Waals surface area contributed by atoms with Crippen LogP contribution in [0.3, 0.4) is 0 Å². The molecule has 13 heavy (non-hydrogen) atoms. The fraction of sp³-hybridized carbons (Fsp3) is 0.500. The van der Waals surface area contributed by atoms with E-state index in [0.29, 0.717) is 0 Å². The Morgan fingerprint density at radius 2 is 1.85 bits per heavy atom. The van der Waals surface area contributed by atoms with E-state index in [4.69, 9.17) is 0 Å². The highest BCUT2D eigenvalue weighted by molar-refractivity contribution is 5.34. The standard InChI is InChI=1S/C8H13N3.C2H6/c1-5-7-8(9-2)11(4)6-10(7)3;1-2/h5H,1-2,6H2,3-4H3;1-2H3. The zero-order valence-electron chi connectivity index (χ0n) is 9.04. The predicted molar refractivity (Wildman–Crippen MR) is 58.5 cm³/mol. The van der Waals surface area contributed by atoms with E-state index < -0.39 is 0 Å². The summed E-state index contributed by atoms with van der Waals surface area (Å²) in [5.41, 5.74) is 1.04. The van der Waals surface area contributed by atoms with Crippen molar-refractivity contribution in [1.29, 1.82) is 0 Å². The minimum absolute atomic E-state index is 0.857. The summed E-state index contributed by atoms with van der Waals surface area (Å²) in [6.45, 7) is 12.1. The summed E-state index contributed by atoms with van der Waals surface area (Å²) < 4.78 is 0. The van der Waals surface area contributed by atoms with Gasteiger partial charge in [0.1, 0.15) is 0 Å². The quantitative estimate of drug-likeness (QED) is 0.606. The van der Waals surface area contributed by atoms with E-state index in [0.717, 1.165) is 18.2 Å². The second-order valence-electron chi connectivity index (χ2n) is 2.61. The molecule has 0 saturated carbocycles. The third-order valence-corrected chi connectivity index (χ3v) is 1.77. The monoisotopic (exact) mass is 181 g/mol. The first-order valence-electron chi connectivity index (χ1n) is 4.46. The minimum atomic E-state index is 0.857. The Hall–Kier alpha value is -1.25. The summed E-state index contributed by atoms with van der Waals surface area (Å²) in [5.74, 6) is 0.905. The Labute approximate surface area is 81.1 Å². The van der Waals surface area contributed by atoms with Crippen LogP contribution in [0.5, 0.6) is 0 Å². The largest absolute Gasteiger partial charge is 0.354 e. The maximum absolute atomic E-state index is 3.91. The molecule has 0 atom stereocenters. The Morgan fingerprint density at radius 3 is 2.15 bits per heavy atom. The van der Waals surface area contributed by atoms with Crippen LogP contribution in [0.4, 0.5) is 0 Å². The molecule has 0 aromatic carbocycles. The average molecular weight is 181 g/mol. The number of rotatable bonds is 2. The molecule has 0 aliphatic carbocycles. The highest BCUT2D eigenvalue weighted by atomic mass is 15.4. The smallest absolute Gasteiger partial charge is 0.152 e. The number of aliphatic imine (C=N–C) groups is 1. The lowest BCUT2D eigenvalue weighted by Gasteiger charge is -2.13. The van der Waals surface area contributed by atoms with Crippen LogP contribution < -0.4 is 0 Å². The van der Waals surface area contributed by atoms with Gasteiger partial charge in [0.05, 0.1) is 12.4 Å². The SMILES string of the molecule is C=CC1=C(N=C)N(C)CN1C.CC. The summed E-state index contributed by atoms with van der Waals surface area (Å²) >= 11 is 0. The van der Waals surface area contributed by atoms with Gasteiger partial charge in [0.25, 0.3) is 0 Å². The van der Waals surface area contributed by atoms with E-state index in [9.17, 15) is 0 Å². The van der Waals surface area contributed by atoms with Crippen molar-refractivity contribution in [2.45, 2.75) is 13.8 Å². The van der Waals surface area contributed by atoms with Gasteiger partial charge in [0.15, 0.2) is 5.82 Å². The highest BCUT2D eigenvalue weighted by Crippen LogP contribution is 2.21. The lowest BCUT2D eigenvalue weighted by Crippen LogP contribution is -2.20. The molecule has 1 rings (SSSR count). The highest BCUT2D eigenvalue weighted by Gasteiger charge is 2.19. The fourth-order valence-electron chi connectivity index (χ4n) is 1.28. The average Bonchev–Trinajstić information content (AvgIpc) is 2.43. The Bertz CT molecular complexity index is 196. The molecule has 0 fully saturated rings. The first-order chi connectivity index (χ1) is 6.20. The van der Waals surface area contributed by atoms with Crippen molar-refractivity contribution in [2.75, 3.05) is 20.8 Å². The second kappa shape index (κ2) is 5.41. The number of nitrogens with zero attached hydrogens (tertiary/aromatic N) is 3. The normalized spacial score (nSPS) is 15.4. The van der Waals surface area contributed by atoms with Crippen LogP contribution in [0.15, 0.2) is 29.2 Å². The molecule has 1 heterocycles. The van der Waals surface area contributed by atoms with E-state index in [1.807, 2.05) is 32.8 Å². The molecular formula is C10H19N3. The van der Waals surface area contributed by atoms with Gasteiger partial charge in [-0.15, -0.1) is 0 Å². The van der Waals surface area contributed by atoms with Gasteiger partial charge in [-0.3, -0.25) is 0 Å². The number of hydrogen-bond acceptors (Lipinski definition) is 3. The molecule has 1 aliphatic rings. The summed E-state index contributed by atoms with van der Waals surface area (Å²) in [7, 11) is 3.99. The maximum atomic E-state index is 3.91. The van der Waals surface area contributed by atoms with Crippen molar-refractivity contribution in [2.24, 2.45) is 4.99 Å². The molecule has 1 aliphatic heterocycles. The number of likely N-dealkylation sites (N-methyl/N-ethyl adjacent to an activating group) is 1. The van der Waals surface area contributed by atoms with E-state index in [1.54, 1.807) is 6.08 Å². The van der Waals surface area contributed by atoms with Crippen LogP contribution in [-0.2, 0) is 0 Å². The van der Waals surface area contributed by atoms with Crippen molar-refractivity contribution < 1.29 is 0 Å². The molecule has 0 aromatic rings. The van der Waals surface area contributed by atoms with Crippen LogP contribution in [-0.4, -0.2) is 37.3 Å². The first-order valence-corrected chi connectivity index (χ1v) is 4.46. The molecule has 0 bridgehead atoms. The molecule has 0 saturated heterocycles. The van der Waals surface area contributed by atoms with Crippen LogP contribution in [0, 0.1) is 0 Å². The van der Waals surface area contributed by atoms with Crippen molar-refractivity contribution in [3.63, 3.8) is 0 Å². The fourth-order valence-corrected chi connectivity index (χ4v) is 1.28. The molecule has 0 N–H and O–H groups in total. The predicted octanol–water partition coefficient (Wildman–Crippen LogP) is 1.90. The molecular weight excluding hydrogens is 162 g/mol. The second-order valence-corrected chi connectivity index (χ2v) is 2.61. The zero-order valence-corrected chi connectivity index (χ0v) is 9.04. The third-order valence-electron chi connectivity index (χ3n) is 1.77. The Kier molecular flexibility index (Phi) is 4.89. The van der Waals surface area contributed by atoms with Crippen LogP contribution in [0.25, 0.3) is 0 Å². The molecule has 0 radical (unpaired) electrons. The molecule has 0 unspecified atom stereocenters. The van der Waals surface area contributed by atoms with Gasteiger partial charge >= 0.3 is 0 Å². The van der Waals surface area contributed by atoms with Crippen molar-refractivity contribution in [3.05, 3.63) is 24.2 Å². The lowest BCUT2D eigenvalue weighted by molar-refractivity contribution is 0.320. The first kappa shape index (κ1) is 11.8. The third kappa shape index (κ3) is 2.34. The number of allylic oxidation sites excluding steroid dienone is 1. The summed E-state index contributed by atoms with van der Waals surface area (Å²) in [6.07, 6.45) is 1.80.